The molecule has 0 aromatic heterocycles. The van der Waals surface area contributed by atoms with Gasteiger partial charge in [-0.15, -0.1) is 0 Å². The lowest BCUT2D eigenvalue weighted by atomic mass is 9.72. The van der Waals surface area contributed by atoms with Crippen LogP contribution < -0.4 is 9.05 Å². The summed E-state index contributed by atoms with van der Waals surface area (Å²) < 4.78 is 35.9. The van der Waals surface area contributed by atoms with E-state index in [1.807, 2.05) is 0 Å². The Balaban J connectivity index is 2.22. The summed E-state index contributed by atoms with van der Waals surface area (Å²) in [6, 6.07) is 15.9. The van der Waals surface area contributed by atoms with Crippen LogP contribution in [-0.2, 0) is 28.4 Å². The molecular weight excluding hydrogens is 487 g/mol. The third kappa shape index (κ3) is 5.97. The van der Waals surface area contributed by atoms with Crippen LogP contribution in [0.3, 0.4) is 0 Å². The van der Waals surface area contributed by atoms with E-state index in [1.165, 1.54) is 30.3 Å². The van der Waals surface area contributed by atoms with E-state index < -0.39 is 54.0 Å². The Hall–Kier alpha value is -3.58. The van der Waals surface area contributed by atoms with Crippen molar-refractivity contribution in [2.45, 2.75) is 25.9 Å². The van der Waals surface area contributed by atoms with Crippen LogP contribution in [0.1, 0.15) is 20.3 Å². The van der Waals surface area contributed by atoms with Gasteiger partial charge < -0.3 is 23.6 Å². The van der Waals surface area contributed by atoms with Crippen molar-refractivity contribution in [1.29, 1.82) is 0 Å². The molecule has 192 valence electrons. The van der Waals surface area contributed by atoms with Crippen molar-refractivity contribution in [1.82, 2.24) is 0 Å². The molecule has 3 atom stereocenters. The first kappa shape index (κ1) is 27.0. The van der Waals surface area contributed by atoms with Crippen molar-refractivity contribution < 1.29 is 42.6 Å². The fourth-order valence-corrected chi connectivity index (χ4v) is 6.36. The lowest BCUT2D eigenvalue weighted by Gasteiger charge is -2.36. The number of carbonyl (C=O) groups is 3. The second kappa shape index (κ2) is 11.0. The number of rotatable bonds is 9. The summed E-state index contributed by atoms with van der Waals surface area (Å²) in [5, 5.41) is 10.8. The zero-order valence-electron chi connectivity index (χ0n) is 20.5. The van der Waals surface area contributed by atoms with Crippen LogP contribution in [0, 0.1) is 17.3 Å². The standard InChI is InChI=1S/C26H29O9P/c1-26(2)15-19(27)21(20(28)16-26)22(24(29)32-3)23(25(30)33-4)36(31,34-17-11-7-5-8-12-17)35-18-13-9-6-10-14-18/h5-15,21-23,27H,16H2,1-4H3/t21?,22-,23+/m1/s1. The van der Waals surface area contributed by atoms with Gasteiger partial charge in [0.05, 0.1) is 20.1 Å². The van der Waals surface area contributed by atoms with Gasteiger partial charge in [0.1, 0.15) is 29.0 Å². The van der Waals surface area contributed by atoms with Crippen molar-refractivity contribution in [3.05, 3.63) is 72.5 Å². The van der Waals surface area contributed by atoms with E-state index in [9.17, 15) is 24.1 Å². The largest absolute Gasteiger partial charge is 0.512 e. The Bertz CT molecular complexity index is 1130. The molecule has 1 unspecified atom stereocenters. The Morgan fingerprint density at radius 3 is 1.81 bits per heavy atom. The second-order valence-corrected chi connectivity index (χ2v) is 11.0. The molecule has 0 aliphatic heterocycles. The predicted octanol–water partition coefficient (Wildman–Crippen LogP) is 4.73. The summed E-state index contributed by atoms with van der Waals surface area (Å²) in [7, 11) is -2.59. The average Bonchev–Trinajstić information content (AvgIpc) is 2.82. The highest BCUT2D eigenvalue weighted by molar-refractivity contribution is 7.56. The molecule has 1 N–H and O–H groups in total. The van der Waals surface area contributed by atoms with Crippen LogP contribution in [0.5, 0.6) is 11.5 Å². The topological polar surface area (TPSA) is 125 Å². The maximum atomic E-state index is 14.5. The molecule has 0 saturated heterocycles. The van der Waals surface area contributed by atoms with Gasteiger partial charge in [-0.3, -0.25) is 14.4 Å². The maximum Gasteiger partial charge on any atom is 0.445 e. The molecule has 1 aliphatic carbocycles. The first-order chi connectivity index (χ1) is 17.0. The molecule has 0 heterocycles. The quantitative estimate of drug-likeness (QED) is 0.372. The molecule has 0 spiro atoms. The van der Waals surface area contributed by atoms with Crippen LogP contribution in [-0.4, -0.2) is 42.7 Å². The first-order valence-electron chi connectivity index (χ1n) is 11.2. The van der Waals surface area contributed by atoms with Crippen molar-refractivity contribution in [2.24, 2.45) is 17.3 Å². The normalized spacial score (nSPS) is 18.8. The van der Waals surface area contributed by atoms with Gasteiger partial charge in [0, 0.05) is 6.42 Å². The SMILES string of the molecule is COC(=O)[C@H](C1C(=O)CC(C)(C)C=C1O)[C@@H](C(=O)OC)P(=O)(Oc1ccccc1)Oc1ccccc1. The van der Waals surface area contributed by atoms with Gasteiger partial charge in [0.15, 0.2) is 5.66 Å². The molecule has 2 aromatic rings. The number of ether oxygens (including phenoxy) is 2. The van der Waals surface area contributed by atoms with Gasteiger partial charge >= 0.3 is 19.5 Å². The first-order valence-corrected chi connectivity index (χ1v) is 12.8. The number of methoxy groups -OCH3 is 2. The molecular formula is C26H29O9P. The minimum absolute atomic E-state index is 0.0352. The number of hydrogen-bond donors (Lipinski definition) is 1. The minimum atomic E-state index is -4.69. The average molecular weight is 516 g/mol. The number of benzene rings is 2. The predicted molar refractivity (Wildman–Crippen MR) is 131 cm³/mol. The van der Waals surface area contributed by atoms with E-state index >= 15 is 0 Å². The number of ketones is 1. The monoisotopic (exact) mass is 516 g/mol. The summed E-state index contributed by atoms with van der Waals surface area (Å²) >= 11 is 0. The smallest absolute Gasteiger partial charge is 0.445 e. The molecule has 0 fully saturated rings. The molecule has 2 aromatic carbocycles. The molecule has 0 amide bonds. The van der Waals surface area contributed by atoms with E-state index in [2.05, 4.69) is 0 Å². The summed E-state index contributed by atoms with van der Waals surface area (Å²) in [6.45, 7) is 3.48. The number of aliphatic hydroxyl groups excluding tert-OH is 1. The van der Waals surface area contributed by atoms with Crippen molar-refractivity contribution in [3.63, 3.8) is 0 Å². The molecule has 0 bridgehead atoms. The van der Waals surface area contributed by atoms with Gasteiger partial charge in [0.2, 0.25) is 0 Å². The number of hydrogen-bond acceptors (Lipinski definition) is 9. The lowest BCUT2D eigenvalue weighted by molar-refractivity contribution is -0.155. The molecule has 36 heavy (non-hydrogen) atoms. The number of Topliss-reactive ketones (excluding diaryl/α,β-unsaturated/α-hetero) is 1. The molecule has 0 radical (unpaired) electrons. The Morgan fingerprint density at radius 1 is 0.917 bits per heavy atom. The number of aliphatic hydroxyl groups is 1. The van der Waals surface area contributed by atoms with E-state index in [0.717, 1.165) is 14.2 Å². The molecule has 1 aliphatic rings. The van der Waals surface area contributed by atoms with Crippen LogP contribution in [0.4, 0.5) is 0 Å². The van der Waals surface area contributed by atoms with Gasteiger partial charge in [-0.25, -0.2) is 4.57 Å². The van der Waals surface area contributed by atoms with E-state index in [4.69, 9.17) is 18.5 Å². The van der Waals surface area contributed by atoms with Crippen LogP contribution in [0.25, 0.3) is 0 Å². The summed E-state index contributed by atoms with van der Waals surface area (Å²) in [5.74, 6) is -6.28. The highest BCUT2D eigenvalue weighted by Gasteiger charge is 2.59. The summed E-state index contributed by atoms with van der Waals surface area (Å²) in [6.07, 6.45) is 1.40. The fraction of sp³-hybridized carbons (Fsp3) is 0.346. The van der Waals surface area contributed by atoms with E-state index in [-0.39, 0.29) is 17.9 Å². The highest BCUT2D eigenvalue weighted by Crippen LogP contribution is 2.58. The third-order valence-electron chi connectivity index (χ3n) is 5.74. The minimum Gasteiger partial charge on any atom is -0.512 e. The zero-order valence-corrected chi connectivity index (χ0v) is 21.3. The molecule has 3 rings (SSSR count). The Morgan fingerprint density at radius 2 is 1.39 bits per heavy atom. The second-order valence-electron chi connectivity index (χ2n) is 9.04. The van der Waals surface area contributed by atoms with Gasteiger partial charge in [-0.05, 0) is 35.8 Å². The van der Waals surface area contributed by atoms with Crippen molar-refractivity contribution in [2.75, 3.05) is 14.2 Å². The van der Waals surface area contributed by atoms with E-state index in [1.54, 1.807) is 50.2 Å². The molecule has 0 saturated carbocycles. The van der Waals surface area contributed by atoms with Gasteiger partial charge in [-0.2, -0.15) is 0 Å². The molecule has 10 heteroatoms. The summed E-state index contributed by atoms with van der Waals surface area (Å²) in [4.78, 5) is 39.5. The third-order valence-corrected chi connectivity index (χ3v) is 7.89. The number of esters is 2. The highest BCUT2D eigenvalue weighted by atomic mass is 31.2. The Kier molecular flexibility index (Phi) is 8.25. The maximum absolute atomic E-state index is 14.5. The summed E-state index contributed by atoms with van der Waals surface area (Å²) in [5.41, 5.74) is -2.65. The molecule has 9 nitrogen and oxygen atoms in total. The fourth-order valence-electron chi connectivity index (χ4n) is 4.21. The van der Waals surface area contributed by atoms with Crippen LogP contribution in [0.15, 0.2) is 72.5 Å². The number of allylic oxidation sites excluding steroid dienone is 2. The number of carbonyl (C=O) groups excluding carboxylic acids is 3. The van der Waals surface area contributed by atoms with Crippen LogP contribution in [0.2, 0.25) is 0 Å². The zero-order chi connectivity index (χ0) is 26.5. The Labute approximate surface area is 209 Å². The van der Waals surface area contributed by atoms with Gasteiger partial charge in [-0.1, -0.05) is 50.2 Å². The van der Waals surface area contributed by atoms with E-state index in [0.29, 0.717) is 0 Å². The van der Waals surface area contributed by atoms with Crippen molar-refractivity contribution in [3.8, 4) is 11.5 Å². The van der Waals surface area contributed by atoms with Gasteiger partial charge in [0.25, 0.3) is 0 Å². The van der Waals surface area contributed by atoms with Crippen molar-refractivity contribution >= 4 is 25.3 Å². The lowest BCUT2D eigenvalue weighted by Crippen LogP contribution is -2.47. The number of para-hydroxylation sites is 2. The van der Waals surface area contributed by atoms with Crippen LogP contribution >= 0.6 is 7.60 Å².